The van der Waals surface area contributed by atoms with Crippen molar-refractivity contribution in [1.29, 1.82) is 0 Å². The highest BCUT2D eigenvalue weighted by atomic mass is 32.2. The van der Waals surface area contributed by atoms with E-state index in [1.54, 1.807) is 6.07 Å². The van der Waals surface area contributed by atoms with Crippen molar-refractivity contribution in [2.75, 3.05) is 10.5 Å². The maximum absolute atomic E-state index is 11.4. The molecule has 0 aliphatic carbocycles. The van der Waals surface area contributed by atoms with E-state index in [0.29, 0.717) is 5.00 Å². The Morgan fingerprint density at radius 2 is 2.06 bits per heavy atom. The Bertz CT molecular complexity index is 627. The number of aliphatic carboxylic acids is 1. The number of nitrogens with one attached hydrogen (secondary N) is 1. The van der Waals surface area contributed by atoms with Crippen molar-refractivity contribution in [1.82, 2.24) is 0 Å². The van der Waals surface area contributed by atoms with Gasteiger partial charge in [-0.2, -0.15) is 0 Å². The number of hydrogen-bond acceptors (Lipinski definition) is 4. The fourth-order valence-electron chi connectivity index (χ4n) is 1.38. The molecule has 0 saturated carbocycles. The minimum absolute atomic E-state index is 0.424. The van der Waals surface area contributed by atoms with Gasteiger partial charge in [-0.1, -0.05) is 18.2 Å². The summed E-state index contributed by atoms with van der Waals surface area (Å²) in [4.78, 5) is 10.4. The van der Waals surface area contributed by atoms with Gasteiger partial charge in [-0.3, -0.25) is 9.52 Å². The molecule has 2 rings (SSSR count). The number of thiophene rings is 1. The number of anilines is 1. The number of benzene rings is 1. The van der Waals surface area contributed by atoms with E-state index in [9.17, 15) is 13.2 Å². The monoisotopic (exact) mass is 271 g/mol. The summed E-state index contributed by atoms with van der Waals surface area (Å²) in [5.41, 5.74) is 0. The molecule has 17 heavy (non-hydrogen) atoms. The second-order valence-electron chi connectivity index (χ2n) is 3.40. The summed E-state index contributed by atoms with van der Waals surface area (Å²) in [6.07, 6.45) is 0. The van der Waals surface area contributed by atoms with E-state index in [1.165, 1.54) is 11.3 Å². The molecule has 1 aromatic heterocycles. The van der Waals surface area contributed by atoms with Crippen molar-refractivity contribution in [3.8, 4) is 0 Å². The van der Waals surface area contributed by atoms with Crippen molar-refractivity contribution in [3.05, 3.63) is 30.3 Å². The first kappa shape index (κ1) is 11.9. The molecule has 5 nitrogen and oxygen atoms in total. The zero-order valence-electron chi connectivity index (χ0n) is 8.58. The second kappa shape index (κ2) is 4.34. The number of sulfonamides is 1. The molecule has 0 bridgehead atoms. The Morgan fingerprint density at radius 1 is 1.35 bits per heavy atom. The summed E-state index contributed by atoms with van der Waals surface area (Å²) in [5.74, 6) is -2.31. The maximum Gasteiger partial charge on any atom is 0.320 e. The maximum atomic E-state index is 11.4. The number of fused-ring (bicyclic) bond motifs is 1. The minimum Gasteiger partial charge on any atom is -0.480 e. The highest BCUT2D eigenvalue weighted by molar-refractivity contribution is 7.93. The van der Waals surface area contributed by atoms with Gasteiger partial charge in [-0.25, -0.2) is 8.42 Å². The first-order chi connectivity index (χ1) is 7.96. The fraction of sp³-hybridized carbons (Fsp3) is 0.100. The lowest BCUT2D eigenvalue weighted by Gasteiger charge is -2.01. The van der Waals surface area contributed by atoms with E-state index in [2.05, 4.69) is 4.72 Å². The van der Waals surface area contributed by atoms with Crippen LogP contribution in [0.3, 0.4) is 0 Å². The van der Waals surface area contributed by atoms with E-state index in [-0.39, 0.29) is 0 Å². The van der Waals surface area contributed by atoms with E-state index in [0.717, 1.165) is 10.1 Å². The quantitative estimate of drug-likeness (QED) is 0.887. The van der Waals surface area contributed by atoms with Crippen LogP contribution in [0.4, 0.5) is 5.00 Å². The van der Waals surface area contributed by atoms with Crippen molar-refractivity contribution in [3.63, 3.8) is 0 Å². The first-order valence-electron chi connectivity index (χ1n) is 4.67. The smallest absolute Gasteiger partial charge is 0.320 e. The summed E-state index contributed by atoms with van der Waals surface area (Å²) in [7, 11) is -3.82. The molecular formula is C10H9NO4S2. The topological polar surface area (TPSA) is 83.5 Å². The molecule has 2 N–H and O–H groups in total. The van der Waals surface area contributed by atoms with Gasteiger partial charge in [-0.15, -0.1) is 11.3 Å². The number of carboxylic acid groups (broad SMARTS) is 1. The molecule has 7 heteroatoms. The van der Waals surface area contributed by atoms with Crippen LogP contribution in [0.1, 0.15) is 0 Å². The summed E-state index contributed by atoms with van der Waals surface area (Å²) >= 11 is 1.27. The molecule has 2 aromatic rings. The van der Waals surface area contributed by atoms with Gasteiger partial charge in [0.05, 0.1) is 0 Å². The lowest BCUT2D eigenvalue weighted by Crippen LogP contribution is -2.21. The molecule has 0 fully saturated rings. The van der Waals surface area contributed by atoms with Gasteiger partial charge in [-0.05, 0) is 17.5 Å². The number of carboxylic acids is 1. The molecule has 1 heterocycles. The van der Waals surface area contributed by atoms with Crippen LogP contribution in [0.5, 0.6) is 0 Å². The van der Waals surface area contributed by atoms with Crippen molar-refractivity contribution in [2.45, 2.75) is 0 Å². The predicted molar refractivity (Wildman–Crippen MR) is 66.9 cm³/mol. The average molecular weight is 271 g/mol. The molecule has 0 saturated heterocycles. The van der Waals surface area contributed by atoms with Gasteiger partial charge in [0.2, 0.25) is 10.0 Å². The van der Waals surface area contributed by atoms with Crippen LogP contribution in [0.15, 0.2) is 30.3 Å². The fourth-order valence-corrected chi connectivity index (χ4v) is 3.51. The Hall–Kier alpha value is -1.60. The standard InChI is InChI=1S/C10H9NO4S2/c12-10(13)6-17(14,15)11-9-5-7-3-1-2-4-8(7)16-9/h1-5,11H,6H2,(H,12,13). The van der Waals surface area contributed by atoms with Crippen LogP contribution >= 0.6 is 11.3 Å². The Labute approximate surface area is 102 Å². The molecule has 0 amide bonds. The third-order valence-electron chi connectivity index (χ3n) is 2.00. The lowest BCUT2D eigenvalue weighted by molar-refractivity contribution is -0.134. The van der Waals surface area contributed by atoms with Crippen LogP contribution in [0.25, 0.3) is 10.1 Å². The highest BCUT2D eigenvalue weighted by Gasteiger charge is 2.16. The van der Waals surface area contributed by atoms with Crippen LogP contribution in [0, 0.1) is 0 Å². The number of rotatable bonds is 4. The lowest BCUT2D eigenvalue weighted by atomic mass is 10.3. The van der Waals surface area contributed by atoms with Gasteiger partial charge in [0.1, 0.15) is 5.00 Å². The summed E-state index contributed by atoms with van der Waals surface area (Å²) < 4.78 is 26.0. The Kier molecular flexibility index (Phi) is 3.03. The molecule has 0 aliphatic heterocycles. The third-order valence-corrected chi connectivity index (χ3v) is 4.31. The van der Waals surface area contributed by atoms with Gasteiger partial charge in [0.25, 0.3) is 0 Å². The molecule has 0 unspecified atom stereocenters. The Balaban J connectivity index is 2.27. The predicted octanol–water partition coefficient (Wildman–Crippen LogP) is 1.73. The van der Waals surface area contributed by atoms with Crippen molar-refractivity contribution in [2.24, 2.45) is 0 Å². The third kappa shape index (κ3) is 2.95. The van der Waals surface area contributed by atoms with E-state index < -0.39 is 21.7 Å². The number of hydrogen-bond donors (Lipinski definition) is 2. The van der Waals surface area contributed by atoms with Gasteiger partial charge >= 0.3 is 5.97 Å². The van der Waals surface area contributed by atoms with Crippen LogP contribution in [-0.2, 0) is 14.8 Å². The van der Waals surface area contributed by atoms with Crippen LogP contribution < -0.4 is 4.72 Å². The summed E-state index contributed by atoms with van der Waals surface area (Å²) in [5, 5.41) is 9.80. The van der Waals surface area contributed by atoms with Gasteiger partial charge in [0.15, 0.2) is 5.75 Å². The van der Waals surface area contributed by atoms with Gasteiger partial charge in [0, 0.05) is 4.70 Å². The molecular weight excluding hydrogens is 262 g/mol. The van der Waals surface area contributed by atoms with Crippen LogP contribution in [0.2, 0.25) is 0 Å². The summed E-state index contributed by atoms with van der Waals surface area (Å²) in [6.45, 7) is 0. The molecule has 1 aromatic carbocycles. The van der Waals surface area contributed by atoms with E-state index >= 15 is 0 Å². The first-order valence-corrected chi connectivity index (χ1v) is 7.14. The largest absolute Gasteiger partial charge is 0.480 e. The normalized spacial score (nSPS) is 11.5. The number of carbonyl (C=O) groups is 1. The zero-order chi connectivity index (χ0) is 12.5. The molecule has 0 radical (unpaired) electrons. The molecule has 0 atom stereocenters. The van der Waals surface area contributed by atoms with Crippen molar-refractivity contribution < 1.29 is 18.3 Å². The van der Waals surface area contributed by atoms with E-state index in [4.69, 9.17) is 5.11 Å². The Morgan fingerprint density at radius 3 is 2.71 bits per heavy atom. The SMILES string of the molecule is O=C(O)CS(=O)(=O)Nc1cc2ccccc2s1. The van der Waals surface area contributed by atoms with Crippen LogP contribution in [-0.4, -0.2) is 25.2 Å². The van der Waals surface area contributed by atoms with Crippen molar-refractivity contribution >= 4 is 42.4 Å². The molecule has 90 valence electrons. The summed E-state index contributed by atoms with van der Waals surface area (Å²) in [6, 6.07) is 9.12. The average Bonchev–Trinajstić information content (AvgIpc) is 2.55. The molecule has 0 spiro atoms. The van der Waals surface area contributed by atoms with Gasteiger partial charge < -0.3 is 5.11 Å². The molecule has 0 aliphatic rings. The highest BCUT2D eigenvalue weighted by Crippen LogP contribution is 2.29. The second-order valence-corrected chi connectivity index (χ2v) is 6.21. The minimum atomic E-state index is -3.82. The van der Waals surface area contributed by atoms with E-state index in [1.807, 2.05) is 24.3 Å². The zero-order valence-corrected chi connectivity index (χ0v) is 10.2.